The minimum absolute atomic E-state index is 0.0372. The number of nitrogens with zero attached hydrogens (tertiary/aromatic N) is 2. The molecule has 0 aromatic heterocycles. The second kappa shape index (κ2) is 9.88. The maximum absolute atomic E-state index is 12.5. The summed E-state index contributed by atoms with van der Waals surface area (Å²) in [7, 11) is 1.67. The zero-order valence-electron chi connectivity index (χ0n) is 16.7. The molecule has 5 heteroatoms. The van der Waals surface area contributed by atoms with E-state index in [1.54, 1.807) is 7.05 Å². The monoisotopic (exact) mass is 367 g/mol. The van der Waals surface area contributed by atoms with Gasteiger partial charge in [-0.2, -0.15) is 0 Å². The minimum Gasteiger partial charge on any atom is -0.335 e. The summed E-state index contributed by atoms with van der Waals surface area (Å²) >= 11 is 0. The van der Waals surface area contributed by atoms with Crippen molar-refractivity contribution in [1.29, 1.82) is 0 Å². The van der Waals surface area contributed by atoms with Crippen molar-refractivity contribution in [2.75, 3.05) is 32.0 Å². The third-order valence-corrected chi connectivity index (χ3v) is 4.61. The van der Waals surface area contributed by atoms with Gasteiger partial charge in [-0.25, -0.2) is 0 Å². The summed E-state index contributed by atoms with van der Waals surface area (Å²) in [5.74, 6) is -0.251. The molecule has 2 amide bonds. The van der Waals surface area contributed by atoms with Crippen molar-refractivity contribution in [2.45, 2.75) is 27.3 Å². The summed E-state index contributed by atoms with van der Waals surface area (Å²) in [5.41, 5.74) is 4.01. The predicted octanol–water partition coefficient (Wildman–Crippen LogP) is 3.22. The molecular weight excluding hydrogens is 338 g/mol. The number of carbonyl (C=O) groups excluding carboxylic acids is 2. The van der Waals surface area contributed by atoms with E-state index in [4.69, 9.17) is 0 Å². The van der Waals surface area contributed by atoms with Crippen LogP contribution in [0.15, 0.2) is 48.5 Å². The van der Waals surface area contributed by atoms with Gasteiger partial charge >= 0.3 is 0 Å². The molecule has 0 atom stereocenters. The molecule has 0 unspecified atom stereocenters. The molecular formula is C22H29N3O2. The van der Waals surface area contributed by atoms with Gasteiger partial charge in [-0.15, -0.1) is 0 Å². The van der Waals surface area contributed by atoms with E-state index in [1.165, 1.54) is 10.5 Å². The number of amides is 2. The van der Waals surface area contributed by atoms with Crippen LogP contribution in [0.1, 0.15) is 23.6 Å². The summed E-state index contributed by atoms with van der Waals surface area (Å²) < 4.78 is 0. The molecule has 2 aromatic carbocycles. The summed E-state index contributed by atoms with van der Waals surface area (Å²) in [6.45, 7) is 7.76. The van der Waals surface area contributed by atoms with Crippen LogP contribution in [0.25, 0.3) is 0 Å². The lowest BCUT2D eigenvalue weighted by Gasteiger charge is -2.24. The summed E-state index contributed by atoms with van der Waals surface area (Å²) in [6.07, 6.45) is 0. The lowest BCUT2D eigenvalue weighted by molar-refractivity contribution is -0.134. The van der Waals surface area contributed by atoms with Crippen LogP contribution in [0.4, 0.5) is 5.69 Å². The summed E-state index contributed by atoms with van der Waals surface area (Å²) in [5, 5.41) is 2.92. The number of hydrogen-bond acceptors (Lipinski definition) is 3. The maximum Gasteiger partial charge on any atom is 0.243 e. The summed E-state index contributed by atoms with van der Waals surface area (Å²) in [4.78, 5) is 28.4. The molecule has 1 N–H and O–H groups in total. The van der Waals surface area contributed by atoms with Crippen molar-refractivity contribution >= 4 is 17.5 Å². The van der Waals surface area contributed by atoms with E-state index in [-0.39, 0.29) is 18.4 Å². The predicted molar refractivity (Wildman–Crippen MR) is 110 cm³/mol. The second-order valence-electron chi connectivity index (χ2n) is 6.85. The average Bonchev–Trinajstić information content (AvgIpc) is 2.65. The Bertz CT molecular complexity index is 754. The van der Waals surface area contributed by atoms with Crippen molar-refractivity contribution < 1.29 is 9.59 Å². The van der Waals surface area contributed by atoms with Crippen LogP contribution in [-0.4, -0.2) is 48.3 Å². The number of nitrogens with one attached hydrogen (secondary N) is 1. The SMILES string of the molecule is CCN(CC(=O)N(C)CC(=O)Nc1c(C)cccc1C)Cc1ccccc1. The molecule has 0 aliphatic heterocycles. The van der Waals surface area contributed by atoms with Crippen LogP contribution >= 0.6 is 0 Å². The van der Waals surface area contributed by atoms with E-state index in [2.05, 4.69) is 22.3 Å². The number of hydrogen-bond donors (Lipinski definition) is 1. The number of carbonyl (C=O) groups is 2. The first kappa shape index (κ1) is 20.6. The molecule has 2 aromatic rings. The molecule has 0 radical (unpaired) electrons. The van der Waals surface area contributed by atoms with Crippen LogP contribution in [0.2, 0.25) is 0 Å². The van der Waals surface area contributed by atoms with Crippen molar-refractivity contribution in [2.24, 2.45) is 0 Å². The molecule has 0 spiro atoms. The Balaban J connectivity index is 1.89. The van der Waals surface area contributed by atoms with E-state index in [9.17, 15) is 9.59 Å². The Kier molecular flexibility index (Phi) is 7.55. The van der Waals surface area contributed by atoms with Gasteiger partial charge in [0.05, 0.1) is 13.1 Å². The minimum atomic E-state index is -0.186. The molecule has 2 rings (SSSR count). The van der Waals surface area contributed by atoms with Crippen LogP contribution in [-0.2, 0) is 16.1 Å². The summed E-state index contributed by atoms with van der Waals surface area (Å²) in [6, 6.07) is 15.9. The van der Waals surface area contributed by atoms with E-state index >= 15 is 0 Å². The van der Waals surface area contributed by atoms with Gasteiger partial charge in [-0.1, -0.05) is 55.5 Å². The van der Waals surface area contributed by atoms with Gasteiger partial charge in [0.25, 0.3) is 0 Å². The second-order valence-corrected chi connectivity index (χ2v) is 6.85. The first-order valence-corrected chi connectivity index (χ1v) is 9.27. The Morgan fingerprint density at radius 3 is 2.15 bits per heavy atom. The highest BCUT2D eigenvalue weighted by molar-refractivity contribution is 5.95. The van der Waals surface area contributed by atoms with Gasteiger partial charge in [0.1, 0.15) is 0 Å². The van der Waals surface area contributed by atoms with Crippen molar-refractivity contribution in [1.82, 2.24) is 9.80 Å². The van der Waals surface area contributed by atoms with Crippen LogP contribution in [0, 0.1) is 13.8 Å². The van der Waals surface area contributed by atoms with E-state index in [0.717, 1.165) is 23.4 Å². The molecule has 0 heterocycles. The van der Waals surface area contributed by atoms with Crippen molar-refractivity contribution in [3.8, 4) is 0 Å². The number of likely N-dealkylation sites (N-methyl/N-ethyl adjacent to an activating group) is 2. The molecule has 0 aliphatic carbocycles. The van der Waals surface area contributed by atoms with Gasteiger partial charge in [0.2, 0.25) is 11.8 Å². The Morgan fingerprint density at radius 2 is 1.56 bits per heavy atom. The molecule has 0 bridgehead atoms. The first-order valence-electron chi connectivity index (χ1n) is 9.27. The van der Waals surface area contributed by atoms with Crippen molar-refractivity contribution in [3.05, 3.63) is 65.2 Å². The molecule has 0 fully saturated rings. The molecule has 5 nitrogen and oxygen atoms in total. The normalized spacial score (nSPS) is 10.7. The highest BCUT2D eigenvalue weighted by Gasteiger charge is 2.17. The van der Waals surface area contributed by atoms with Crippen LogP contribution in [0.5, 0.6) is 0 Å². The zero-order valence-corrected chi connectivity index (χ0v) is 16.7. The number of benzene rings is 2. The highest BCUT2D eigenvalue weighted by atomic mass is 16.2. The largest absolute Gasteiger partial charge is 0.335 e. The topological polar surface area (TPSA) is 52.7 Å². The smallest absolute Gasteiger partial charge is 0.243 e. The first-order chi connectivity index (χ1) is 12.9. The van der Waals surface area contributed by atoms with Crippen LogP contribution in [0.3, 0.4) is 0 Å². The molecule has 0 saturated carbocycles. The molecule has 0 saturated heterocycles. The quantitative estimate of drug-likeness (QED) is 0.779. The lowest BCUT2D eigenvalue weighted by Crippen LogP contribution is -2.41. The third kappa shape index (κ3) is 6.22. The number of rotatable bonds is 8. The Morgan fingerprint density at radius 1 is 0.926 bits per heavy atom. The molecule has 0 aliphatic rings. The van der Waals surface area contributed by atoms with Gasteiger partial charge < -0.3 is 10.2 Å². The fourth-order valence-corrected chi connectivity index (χ4v) is 2.93. The Labute approximate surface area is 162 Å². The van der Waals surface area contributed by atoms with Gasteiger partial charge in [-0.05, 0) is 37.1 Å². The van der Waals surface area contributed by atoms with Crippen LogP contribution < -0.4 is 5.32 Å². The van der Waals surface area contributed by atoms with E-state index in [0.29, 0.717) is 13.1 Å². The van der Waals surface area contributed by atoms with Crippen molar-refractivity contribution in [3.63, 3.8) is 0 Å². The van der Waals surface area contributed by atoms with E-state index in [1.807, 2.05) is 57.2 Å². The fourth-order valence-electron chi connectivity index (χ4n) is 2.93. The number of para-hydroxylation sites is 1. The number of anilines is 1. The Hall–Kier alpha value is -2.66. The van der Waals surface area contributed by atoms with Gasteiger partial charge in [0, 0.05) is 19.3 Å². The molecule has 144 valence electrons. The molecule has 27 heavy (non-hydrogen) atoms. The zero-order chi connectivity index (χ0) is 19.8. The lowest BCUT2D eigenvalue weighted by atomic mass is 10.1. The third-order valence-electron chi connectivity index (χ3n) is 4.61. The fraction of sp³-hybridized carbons (Fsp3) is 0.364. The van der Waals surface area contributed by atoms with Gasteiger partial charge in [0.15, 0.2) is 0 Å². The van der Waals surface area contributed by atoms with Gasteiger partial charge in [-0.3, -0.25) is 14.5 Å². The number of aryl methyl sites for hydroxylation is 2. The van der Waals surface area contributed by atoms with E-state index < -0.39 is 0 Å². The average molecular weight is 367 g/mol. The highest BCUT2D eigenvalue weighted by Crippen LogP contribution is 2.19. The standard InChI is InChI=1S/C22H29N3O2/c1-5-25(14-19-12-7-6-8-13-19)16-21(27)24(4)15-20(26)23-22-17(2)10-9-11-18(22)3/h6-13H,5,14-16H2,1-4H3,(H,23,26). The maximum atomic E-state index is 12.5.